The lowest BCUT2D eigenvalue weighted by molar-refractivity contribution is -0.153. The number of halogens is 3. The van der Waals surface area contributed by atoms with Crippen molar-refractivity contribution in [2.24, 2.45) is 5.73 Å². The Morgan fingerprint density at radius 1 is 1.40 bits per heavy atom. The fraction of sp³-hybridized carbons (Fsp3) is 0.250. The first-order chi connectivity index (χ1) is 6.73. The Balaban J connectivity index is 3.37. The number of hydrogen-bond donors (Lipinski definition) is 1. The predicted octanol–water partition coefficient (Wildman–Crippen LogP) is 1.60. The SMILES string of the molecule is CC(=O)c1cc(C(N)=O)c(C(F)(F)F)o1. The first kappa shape index (κ1) is 11.3. The number of carbonyl (C=O) groups is 2. The van der Waals surface area contributed by atoms with E-state index in [1.54, 1.807) is 0 Å². The summed E-state index contributed by atoms with van der Waals surface area (Å²) in [6.07, 6.45) is -4.85. The van der Waals surface area contributed by atoms with Gasteiger partial charge in [-0.1, -0.05) is 0 Å². The van der Waals surface area contributed by atoms with Gasteiger partial charge in [-0.05, 0) is 0 Å². The van der Waals surface area contributed by atoms with E-state index in [9.17, 15) is 22.8 Å². The van der Waals surface area contributed by atoms with Gasteiger partial charge in [0.1, 0.15) is 0 Å². The highest BCUT2D eigenvalue weighted by Crippen LogP contribution is 2.34. The van der Waals surface area contributed by atoms with Crippen molar-refractivity contribution in [1.82, 2.24) is 0 Å². The molecule has 0 aliphatic carbocycles. The third-order valence-electron chi connectivity index (χ3n) is 1.60. The number of rotatable bonds is 2. The Kier molecular flexibility index (Phi) is 2.57. The summed E-state index contributed by atoms with van der Waals surface area (Å²) >= 11 is 0. The summed E-state index contributed by atoms with van der Waals surface area (Å²) < 4.78 is 41.0. The molecule has 15 heavy (non-hydrogen) atoms. The maximum absolute atomic E-state index is 12.3. The molecule has 1 rings (SSSR count). The van der Waals surface area contributed by atoms with E-state index >= 15 is 0 Å². The third-order valence-corrected chi connectivity index (χ3v) is 1.60. The Bertz CT molecular complexity index is 419. The molecular weight excluding hydrogens is 215 g/mol. The Labute approximate surface area is 81.8 Å². The topological polar surface area (TPSA) is 73.3 Å². The third kappa shape index (κ3) is 2.17. The van der Waals surface area contributed by atoms with Gasteiger partial charge in [0.15, 0.2) is 11.5 Å². The summed E-state index contributed by atoms with van der Waals surface area (Å²) in [4.78, 5) is 21.4. The molecule has 82 valence electrons. The molecule has 1 heterocycles. The van der Waals surface area contributed by atoms with Gasteiger partial charge in [0, 0.05) is 13.0 Å². The lowest BCUT2D eigenvalue weighted by Gasteiger charge is -2.02. The number of amides is 1. The maximum atomic E-state index is 12.3. The standard InChI is InChI=1S/C8H6F3NO3/c1-3(13)5-2-4(7(12)14)6(15-5)8(9,10)11/h2H,1H3,(H2,12,14). The van der Waals surface area contributed by atoms with Crippen molar-refractivity contribution in [2.75, 3.05) is 0 Å². The highest BCUT2D eigenvalue weighted by Gasteiger charge is 2.40. The molecule has 0 bridgehead atoms. The fourth-order valence-corrected chi connectivity index (χ4v) is 0.958. The van der Waals surface area contributed by atoms with Gasteiger partial charge in [-0.25, -0.2) is 0 Å². The quantitative estimate of drug-likeness (QED) is 0.770. The summed E-state index contributed by atoms with van der Waals surface area (Å²) in [6.45, 7) is 1.02. The summed E-state index contributed by atoms with van der Waals surface area (Å²) in [6, 6.07) is 0.688. The van der Waals surface area contributed by atoms with Crippen LogP contribution in [0.5, 0.6) is 0 Å². The summed E-state index contributed by atoms with van der Waals surface area (Å²) in [5.41, 5.74) is 3.87. The lowest BCUT2D eigenvalue weighted by atomic mass is 10.2. The van der Waals surface area contributed by atoms with Gasteiger partial charge in [-0.3, -0.25) is 9.59 Å². The van der Waals surface area contributed by atoms with Crippen molar-refractivity contribution in [3.63, 3.8) is 0 Å². The van der Waals surface area contributed by atoms with E-state index in [0.29, 0.717) is 6.07 Å². The minimum Gasteiger partial charge on any atom is -0.448 e. The molecule has 0 fully saturated rings. The van der Waals surface area contributed by atoms with Gasteiger partial charge >= 0.3 is 6.18 Å². The van der Waals surface area contributed by atoms with Crippen LogP contribution in [-0.2, 0) is 6.18 Å². The molecule has 1 aromatic heterocycles. The highest BCUT2D eigenvalue weighted by molar-refractivity contribution is 5.98. The largest absolute Gasteiger partial charge is 0.450 e. The van der Waals surface area contributed by atoms with Crippen LogP contribution in [0.2, 0.25) is 0 Å². The number of ketones is 1. The predicted molar refractivity (Wildman–Crippen MR) is 42.2 cm³/mol. The molecule has 7 heteroatoms. The monoisotopic (exact) mass is 221 g/mol. The van der Waals surface area contributed by atoms with Gasteiger partial charge in [0.25, 0.3) is 5.91 Å². The van der Waals surface area contributed by atoms with Crippen LogP contribution < -0.4 is 5.73 Å². The van der Waals surface area contributed by atoms with Crippen LogP contribution in [0.25, 0.3) is 0 Å². The van der Waals surface area contributed by atoms with Crippen LogP contribution in [0.4, 0.5) is 13.2 Å². The minimum atomic E-state index is -4.85. The van der Waals surface area contributed by atoms with Gasteiger partial charge in [-0.15, -0.1) is 0 Å². The number of Topliss-reactive ketones (excluding diaryl/α,β-unsaturated/α-hetero) is 1. The smallest absolute Gasteiger partial charge is 0.448 e. The fourth-order valence-electron chi connectivity index (χ4n) is 0.958. The van der Waals surface area contributed by atoms with Crippen molar-refractivity contribution in [3.05, 3.63) is 23.2 Å². The maximum Gasteiger partial charge on any atom is 0.450 e. The average molecular weight is 221 g/mol. The van der Waals surface area contributed by atoms with Gasteiger partial charge < -0.3 is 10.2 Å². The molecule has 0 atom stereocenters. The second-order valence-corrected chi connectivity index (χ2v) is 2.77. The second kappa shape index (κ2) is 3.41. The van der Waals surface area contributed by atoms with Gasteiger partial charge in [-0.2, -0.15) is 13.2 Å². The molecular formula is C8H6F3NO3. The van der Waals surface area contributed by atoms with Crippen LogP contribution in [0.15, 0.2) is 10.5 Å². The van der Waals surface area contributed by atoms with Crippen molar-refractivity contribution >= 4 is 11.7 Å². The van der Waals surface area contributed by atoms with Gasteiger partial charge in [0.2, 0.25) is 5.76 Å². The summed E-state index contributed by atoms with van der Waals surface area (Å²) in [5.74, 6) is -4.09. The van der Waals surface area contributed by atoms with E-state index in [-0.39, 0.29) is 0 Å². The number of primary amides is 1. The van der Waals surface area contributed by atoms with Crippen molar-refractivity contribution < 1.29 is 27.2 Å². The number of carbonyl (C=O) groups excluding carboxylic acids is 2. The molecule has 4 nitrogen and oxygen atoms in total. The van der Waals surface area contributed by atoms with E-state index in [4.69, 9.17) is 5.73 Å². The number of nitrogens with two attached hydrogens (primary N) is 1. The first-order valence-electron chi connectivity index (χ1n) is 3.75. The lowest BCUT2D eigenvalue weighted by Crippen LogP contribution is -2.16. The summed E-state index contributed by atoms with van der Waals surface area (Å²) in [7, 11) is 0. The molecule has 0 spiro atoms. The zero-order valence-electron chi connectivity index (χ0n) is 7.51. The minimum absolute atomic E-state index is 0.545. The van der Waals surface area contributed by atoms with Crippen LogP contribution >= 0.6 is 0 Å². The second-order valence-electron chi connectivity index (χ2n) is 2.77. The van der Waals surface area contributed by atoms with E-state index in [2.05, 4.69) is 4.42 Å². The number of furan rings is 1. The van der Waals surface area contributed by atoms with E-state index in [1.807, 2.05) is 0 Å². The number of hydrogen-bond acceptors (Lipinski definition) is 3. The van der Waals surface area contributed by atoms with Crippen LogP contribution in [-0.4, -0.2) is 11.7 Å². The average Bonchev–Trinajstić information content (AvgIpc) is 2.45. The Morgan fingerprint density at radius 2 is 1.93 bits per heavy atom. The molecule has 0 aromatic carbocycles. The molecule has 0 unspecified atom stereocenters. The Morgan fingerprint density at radius 3 is 2.20 bits per heavy atom. The molecule has 2 N–H and O–H groups in total. The van der Waals surface area contributed by atoms with E-state index < -0.39 is 35.0 Å². The first-order valence-corrected chi connectivity index (χ1v) is 3.75. The highest BCUT2D eigenvalue weighted by atomic mass is 19.4. The van der Waals surface area contributed by atoms with Crippen LogP contribution in [0.1, 0.15) is 33.6 Å². The Hall–Kier alpha value is -1.79. The molecule has 0 saturated carbocycles. The molecule has 1 amide bonds. The molecule has 0 aliphatic rings. The molecule has 0 radical (unpaired) electrons. The normalized spacial score (nSPS) is 11.5. The van der Waals surface area contributed by atoms with E-state index in [0.717, 1.165) is 6.92 Å². The molecule has 0 aliphatic heterocycles. The molecule has 1 aromatic rings. The van der Waals surface area contributed by atoms with Crippen LogP contribution in [0, 0.1) is 0 Å². The summed E-state index contributed by atoms with van der Waals surface area (Å²) in [5, 5.41) is 0. The molecule has 0 saturated heterocycles. The van der Waals surface area contributed by atoms with Gasteiger partial charge in [0.05, 0.1) is 5.56 Å². The van der Waals surface area contributed by atoms with Crippen molar-refractivity contribution in [2.45, 2.75) is 13.1 Å². The van der Waals surface area contributed by atoms with Crippen molar-refractivity contribution in [1.29, 1.82) is 0 Å². The zero-order chi connectivity index (χ0) is 11.8. The number of alkyl halides is 3. The van der Waals surface area contributed by atoms with Crippen LogP contribution in [0.3, 0.4) is 0 Å². The van der Waals surface area contributed by atoms with E-state index in [1.165, 1.54) is 0 Å². The van der Waals surface area contributed by atoms with Crippen molar-refractivity contribution in [3.8, 4) is 0 Å². The zero-order valence-corrected chi connectivity index (χ0v) is 7.51.